The molecule has 33 heavy (non-hydrogen) atoms. The van der Waals surface area contributed by atoms with Crippen molar-refractivity contribution in [1.29, 1.82) is 0 Å². The number of imide groups is 1. The molecule has 1 fully saturated rings. The molecule has 3 amide bonds. The molecule has 0 aliphatic carbocycles. The van der Waals surface area contributed by atoms with E-state index in [1.165, 1.54) is 20.5 Å². The van der Waals surface area contributed by atoms with Gasteiger partial charge in [-0.3, -0.25) is 24.1 Å². The summed E-state index contributed by atoms with van der Waals surface area (Å²) in [6.45, 7) is 0.0573. The van der Waals surface area contributed by atoms with Gasteiger partial charge < -0.3 is 4.90 Å². The summed E-state index contributed by atoms with van der Waals surface area (Å²) in [5, 5.41) is 4.35. The predicted molar refractivity (Wildman–Crippen MR) is 122 cm³/mol. The smallest absolute Gasteiger partial charge is 0.266 e. The first kappa shape index (κ1) is 22.1. The zero-order valence-corrected chi connectivity index (χ0v) is 18.1. The molecule has 0 bridgehead atoms. The molecule has 0 radical (unpaired) electrons. The van der Waals surface area contributed by atoms with Crippen molar-refractivity contribution in [2.45, 2.75) is 19.4 Å². The molecule has 0 unspecified atom stereocenters. The Morgan fingerprint density at radius 2 is 1.42 bits per heavy atom. The van der Waals surface area contributed by atoms with Crippen LogP contribution in [0, 0.1) is 0 Å². The molecule has 8 nitrogen and oxygen atoms in total. The van der Waals surface area contributed by atoms with Gasteiger partial charge in [0.15, 0.2) is 0 Å². The van der Waals surface area contributed by atoms with Crippen molar-refractivity contribution in [2.24, 2.45) is 0 Å². The fourth-order valence-electron chi connectivity index (χ4n) is 3.74. The molecule has 8 heteroatoms. The van der Waals surface area contributed by atoms with Gasteiger partial charge >= 0.3 is 0 Å². The van der Waals surface area contributed by atoms with Gasteiger partial charge in [0.25, 0.3) is 5.56 Å². The van der Waals surface area contributed by atoms with Crippen LogP contribution in [0.25, 0.3) is 11.3 Å². The fourth-order valence-corrected chi connectivity index (χ4v) is 3.74. The zero-order chi connectivity index (χ0) is 23.2. The number of hydrogen-bond acceptors (Lipinski definition) is 5. The van der Waals surface area contributed by atoms with Crippen LogP contribution >= 0.6 is 0 Å². The minimum Gasteiger partial charge on any atom is -0.324 e. The molecule has 1 aromatic heterocycles. The van der Waals surface area contributed by atoms with Crippen molar-refractivity contribution < 1.29 is 14.4 Å². The van der Waals surface area contributed by atoms with Gasteiger partial charge in [-0.2, -0.15) is 5.10 Å². The molecule has 168 valence electrons. The first-order chi connectivity index (χ1) is 16.0. The number of hydrogen-bond donors (Lipinski definition) is 0. The van der Waals surface area contributed by atoms with Crippen LogP contribution in [0.5, 0.6) is 0 Å². The van der Waals surface area contributed by atoms with E-state index in [1.54, 1.807) is 6.07 Å². The first-order valence-electron chi connectivity index (χ1n) is 10.8. The summed E-state index contributed by atoms with van der Waals surface area (Å²) < 4.78 is 1.24. The summed E-state index contributed by atoms with van der Waals surface area (Å²) in [5.41, 5.74) is 2.20. The van der Waals surface area contributed by atoms with Crippen LogP contribution in [0.1, 0.15) is 12.0 Å². The maximum atomic E-state index is 12.7. The van der Waals surface area contributed by atoms with Crippen LogP contribution in [0.2, 0.25) is 0 Å². The summed E-state index contributed by atoms with van der Waals surface area (Å²) in [4.78, 5) is 52.4. The lowest BCUT2D eigenvalue weighted by Gasteiger charge is -2.32. The van der Waals surface area contributed by atoms with Gasteiger partial charge in [-0.1, -0.05) is 60.7 Å². The highest BCUT2D eigenvalue weighted by molar-refractivity contribution is 6.02. The zero-order valence-electron chi connectivity index (χ0n) is 18.1. The largest absolute Gasteiger partial charge is 0.324 e. The summed E-state index contributed by atoms with van der Waals surface area (Å²) in [6.07, 6.45) is 0.536. The van der Waals surface area contributed by atoms with Crippen LogP contribution < -0.4 is 5.56 Å². The van der Waals surface area contributed by atoms with Gasteiger partial charge in [-0.05, 0) is 18.1 Å². The number of carbonyl (C=O) groups excluding carboxylic acids is 3. The normalized spacial score (nSPS) is 13.9. The highest BCUT2D eigenvalue weighted by Gasteiger charge is 2.32. The number of aromatic nitrogens is 2. The molecule has 1 saturated heterocycles. The van der Waals surface area contributed by atoms with Crippen molar-refractivity contribution in [2.75, 3.05) is 19.6 Å². The number of aryl methyl sites for hydroxylation is 1. The molecule has 0 N–H and O–H groups in total. The van der Waals surface area contributed by atoms with Crippen LogP contribution in [0.3, 0.4) is 0 Å². The molecule has 2 heterocycles. The average Bonchev–Trinajstić information content (AvgIpc) is 2.84. The molecule has 1 aliphatic heterocycles. The van der Waals surface area contributed by atoms with E-state index in [4.69, 9.17) is 0 Å². The molecule has 0 saturated carbocycles. The average molecular weight is 444 g/mol. The highest BCUT2D eigenvalue weighted by atomic mass is 16.2. The number of benzene rings is 2. The minimum atomic E-state index is -0.392. The van der Waals surface area contributed by atoms with Crippen molar-refractivity contribution in [3.05, 3.63) is 88.7 Å². The monoisotopic (exact) mass is 444 g/mol. The Hall–Kier alpha value is -4.07. The molecule has 0 spiro atoms. The first-order valence-corrected chi connectivity index (χ1v) is 10.8. The van der Waals surface area contributed by atoms with E-state index < -0.39 is 11.8 Å². The third-order valence-corrected chi connectivity index (χ3v) is 5.55. The third-order valence-electron chi connectivity index (χ3n) is 5.55. The lowest BCUT2D eigenvalue weighted by molar-refractivity contribution is -0.156. The number of carbonyl (C=O) groups is 3. The van der Waals surface area contributed by atoms with E-state index >= 15 is 0 Å². The summed E-state index contributed by atoms with van der Waals surface area (Å²) >= 11 is 0. The summed E-state index contributed by atoms with van der Waals surface area (Å²) in [5.74, 6) is -1.15. The maximum absolute atomic E-state index is 12.7. The minimum absolute atomic E-state index is 0.0320. The molecular formula is C25H24N4O4. The van der Waals surface area contributed by atoms with Gasteiger partial charge in [-0.25, -0.2) is 4.68 Å². The predicted octanol–water partition coefficient (Wildman–Crippen LogP) is 1.74. The standard InChI is InChI=1S/C25H24N4O4/c30-22(14-16-29-23(31)12-11-21(26-29)20-9-5-2-6-10-20)27-17-24(32)28(25(33)18-27)15-13-19-7-3-1-4-8-19/h1-12H,13-18H2. The fraction of sp³-hybridized carbons (Fsp3) is 0.240. The molecule has 2 aromatic carbocycles. The summed E-state index contributed by atoms with van der Waals surface area (Å²) in [7, 11) is 0. The number of piperazine rings is 1. The van der Waals surface area contributed by atoms with Gasteiger partial charge in [0, 0.05) is 24.6 Å². The van der Waals surface area contributed by atoms with Crippen LogP contribution in [0.15, 0.2) is 77.6 Å². The Morgan fingerprint density at radius 3 is 2.09 bits per heavy atom. The molecule has 3 aromatic rings. The van der Waals surface area contributed by atoms with Crippen LogP contribution in [-0.4, -0.2) is 56.9 Å². The van der Waals surface area contributed by atoms with Crippen LogP contribution in [-0.2, 0) is 27.3 Å². The van der Waals surface area contributed by atoms with Gasteiger partial charge in [0.1, 0.15) is 13.1 Å². The molecule has 4 rings (SSSR count). The maximum Gasteiger partial charge on any atom is 0.266 e. The van der Waals surface area contributed by atoms with Crippen molar-refractivity contribution in [3.8, 4) is 11.3 Å². The number of amides is 3. The topological polar surface area (TPSA) is 92.6 Å². The Kier molecular flexibility index (Phi) is 6.73. The van der Waals surface area contributed by atoms with E-state index in [9.17, 15) is 19.2 Å². The van der Waals surface area contributed by atoms with Gasteiger partial charge in [0.05, 0.1) is 12.2 Å². The van der Waals surface area contributed by atoms with Crippen LogP contribution in [0.4, 0.5) is 0 Å². The van der Waals surface area contributed by atoms with Crippen molar-refractivity contribution >= 4 is 17.7 Å². The Balaban J connectivity index is 1.35. The van der Waals surface area contributed by atoms with E-state index in [0.717, 1.165) is 11.1 Å². The quantitative estimate of drug-likeness (QED) is 0.518. The molecule has 0 atom stereocenters. The summed E-state index contributed by atoms with van der Waals surface area (Å²) in [6, 6.07) is 22.1. The Morgan fingerprint density at radius 1 is 0.788 bits per heavy atom. The SMILES string of the molecule is O=C(CCn1nc(-c2ccccc2)ccc1=O)N1CC(=O)N(CCc2ccccc2)C(=O)C1. The Labute approximate surface area is 191 Å². The van der Waals surface area contributed by atoms with Crippen molar-refractivity contribution in [1.82, 2.24) is 19.6 Å². The van der Waals surface area contributed by atoms with E-state index in [-0.39, 0.29) is 44.1 Å². The van der Waals surface area contributed by atoms with E-state index in [1.807, 2.05) is 60.7 Å². The van der Waals surface area contributed by atoms with Crippen molar-refractivity contribution in [3.63, 3.8) is 0 Å². The second-order valence-electron chi connectivity index (χ2n) is 7.82. The molecular weight excluding hydrogens is 420 g/mol. The number of nitrogens with zero attached hydrogens (tertiary/aromatic N) is 4. The third kappa shape index (κ3) is 5.41. The van der Waals surface area contributed by atoms with E-state index in [2.05, 4.69) is 5.10 Å². The Bertz CT molecular complexity index is 1190. The van der Waals surface area contributed by atoms with E-state index in [0.29, 0.717) is 12.1 Å². The molecule has 1 aliphatic rings. The lowest BCUT2D eigenvalue weighted by atomic mass is 10.1. The number of rotatable bonds is 7. The van der Waals surface area contributed by atoms with Gasteiger partial charge in [-0.15, -0.1) is 0 Å². The highest BCUT2D eigenvalue weighted by Crippen LogP contribution is 2.14. The lowest BCUT2D eigenvalue weighted by Crippen LogP contribution is -2.56. The van der Waals surface area contributed by atoms with Gasteiger partial charge in [0.2, 0.25) is 17.7 Å². The second kappa shape index (κ2) is 10.0. The second-order valence-corrected chi connectivity index (χ2v) is 7.82.